The van der Waals surface area contributed by atoms with Crippen LogP contribution in [0.2, 0.25) is 0 Å². The van der Waals surface area contributed by atoms with E-state index in [-0.39, 0.29) is 18.2 Å². The van der Waals surface area contributed by atoms with Gasteiger partial charge in [-0.1, -0.05) is 12.8 Å². The number of alkyl halides is 3. The number of carbonyl (C=O) groups excluding carboxylic acids is 1. The van der Waals surface area contributed by atoms with Gasteiger partial charge in [0.15, 0.2) is 5.78 Å². The number of hydrogen-bond acceptors (Lipinski definition) is 2. The number of halogens is 3. The Labute approximate surface area is 108 Å². The molecule has 1 aliphatic rings. The summed E-state index contributed by atoms with van der Waals surface area (Å²) in [5.74, 6) is -0.264. The van der Waals surface area contributed by atoms with E-state index in [9.17, 15) is 22.8 Å². The van der Waals surface area contributed by atoms with Gasteiger partial charge in [-0.2, -0.15) is 13.2 Å². The molecule has 0 atom stereocenters. The molecule has 19 heavy (non-hydrogen) atoms. The Bertz CT molecular complexity index is 527. The molecule has 104 valence electrons. The highest BCUT2D eigenvalue weighted by molar-refractivity contribution is 5.81. The van der Waals surface area contributed by atoms with Crippen molar-refractivity contribution in [3.05, 3.63) is 34.2 Å². The molecular formula is C13H14F3NO2. The van der Waals surface area contributed by atoms with Gasteiger partial charge in [0.1, 0.15) is 0 Å². The van der Waals surface area contributed by atoms with Crippen LogP contribution in [0.5, 0.6) is 0 Å². The fourth-order valence-electron chi connectivity index (χ4n) is 2.37. The summed E-state index contributed by atoms with van der Waals surface area (Å²) >= 11 is 0. The first-order chi connectivity index (χ1) is 8.88. The average Bonchev–Trinajstić information content (AvgIpc) is 2.84. The summed E-state index contributed by atoms with van der Waals surface area (Å²) in [6.45, 7) is -0.270. The van der Waals surface area contributed by atoms with Crippen LogP contribution in [0.1, 0.15) is 31.2 Å². The Kier molecular flexibility index (Phi) is 3.78. The third kappa shape index (κ3) is 3.24. The third-order valence-electron chi connectivity index (χ3n) is 3.45. The summed E-state index contributed by atoms with van der Waals surface area (Å²) in [5, 5.41) is 0. The van der Waals surface area contributed by atoms with Crippen molar-refractivity contribution >= 4 is 5.78 Å². The average molecular weight is 273 g/mol. The predicted molar refractivity (Wildman–Crippen MR) is 62.7 cm³/mol. The molecule has 0 bridgehead atoms. The van der Waals surface area contributed by atoms with E-state index in [0.717, 1.165) is 48.6 Å². The SMILES string of the molecule is O=C(Cn1cc(C(F)(F)F)ccc1=O)C1CCCC1. The van der Waals surface area contributed by atoms with E-state index in [1.54, 1.807) is 0 Å². The molecule has 0 N–H and O–H groups in total. The van der Waals surface area contributed by atoms with Crippen molar-refractivity contribution in [2.24, 2.45) is 5.92 Å². The van der Waals surface area contributed by atoms with Crippen molar-refractivity contribution in [2.75, 3.05) is 0 Å². The third-order valence-corrected chi connectivity index (χ3v) is 3.45. The van der Waals surface area contributed by atoms with Crippen molar-refractivity contribution in [1.82, 2.24) is 4.57 Å². The zero-order chi connectivity index (χ0) is 14.0. The van der Waals surface area contributed by atoms with Gasteiger partial charge in [-0.05, 0) is 18.9 Å². The number of nitrogens with zero attached hydrogens (tertiary/aromatic N) is 1. The van der Waals surface area contributed by atoms with Gasteiger partial charge >= 0.3 is 6.18 Å². The smallest absolute Gasteiger partial charge is 0.307 e. The molecule has 2 rings (SSSR count). The van der Waals surface area contributed by atoms with Crippen LogP contribution in [-0.2, 0) is 17.5 Å². The molecule has 0 spiro atoms. The van der Waals surface area contributed by atoms with Crippen LogP contribution >= 0.6 is 0 Å². The van der Waals surface area contributed by atoms with E-state index in [0.29, 0.717) is 0 Å². The summed E-state index contributed by atoms with van der Waals surface area (Å²) in [7, 11) is 0. The monoisotopic (exact) mass is 273 g/mol. The van der Waals surface area contributed by atoms with Crippen molar-refractivity contribution in [2.45, 2.75) is 38.4 Å². The lowest BCUT2D eigenvalue weighted by molar-refractivity contribution is -0.138. The number of pyridine rings is 1. The van der Waals surface area contributed by atoms with Crippen LogP contribution in [0.15, 0.2) is 23.1 Å². The van der Waals surface area contributed by atoms with E-state index in [1.807, 2.05) is 0 Å². The highest BCUT2D eigenvalue weighted by atomic mass is 19.4. The molecule has 0 aromatic carbocycles. The molecule has 0 aliphatic heterocycles. The maximum atomic E-state index is 12.5. The molecule has 1 aromatic rings. The number of Topliss-reactive ketones (excluding diaryl/α,β-unsaturated/α-hetero) is 1. The summed E-state index contributed by atoms with van der Waals surface area (Å²) in [6, 6.07) is 1.59. The van der Waals surface area contributed by atoms with Gasteiger partial charge in [0, 0.05) is 18.2 Å². The Morgan fingerprint density at radius 3 is 2.47 bits per heavy atom. The van der Waals surface area contributed by atoms with Gasteiger partial charge in [0.05, 0.1) is 12.1 Å². The number of aromatic nitrogens is 1. The van der Waals surface area contributed by atoms with Crippen LogP contribution in [0.4, 0.5) is 13.2 Å². The van der Waals surface area contributed by atoms with Crippen molar-refractivity contribution in [1.29, 1.82) is 0 Å². The van der Waals surface area contributed by atoms with Gasteiger partial charge in [-0.3, -0.25) is 9.59 Å². The van der Waals surface area contributed by atoms with Crippen LogP contribution in [0.3, 0.4) is 0 Å². The second-order valence-corrected chi connectivity index (χ2v) is 4.83. The van der Waals surface area contributed by atoms with Crippen molar-refractivity contribution in [3.63, 3.8) is 0 Å². The fourth-order valence-corrected chi connectivity index (χ4v) is 2.37. The second kappa shape index (κ2) is 5.19. The summed E-state index contributed by atoms with van der Waals surface area (Å²) in [5.41, 5.74) is -1.49. The predicted octanol–water partition coefficient (Wildman–Crippen LogP) is 2.63. The molecular weight excluding hydrogens is 259 g/mol. The maximum absolute atomic E-state index is 12.5. The topological polar surface area (TPSA) is 39.1 Å². The van der Waals surface area contributed by atoms with Crippen LogP contribution in [0.25, 0.3) is 0 Å². The summed E-state index contributed by atoms with van der Waals surface area (Å²) < 4.78 is 38.5. The molecule has 3 nitrogen and oxygen atoms in total. The molecule has 1 fully saturated rings. The zero-order valence-corrected chi connectivity index (χ0v) is 10.2. The Balaban J connectivity index is 2.19. The molecule has 1 aromatic heterocycles. The van der Waals surface area contributed by atoms with Crippen molar-refractivity contribution in [3.8, 4) is 0 Å². The van der Waals surface area contributed by atoms with E-state index < -0.39 is 17.3 Å². The second-order valence-electron chi connectivity index (χ2n) is 4.83. The number of rotatable bonds is 3. The molecule has 6 heteroatoms. The molecule has 1 aliphatic carbocycles. The Hall–Kier alpha value is -1.59. The van der Waals surface area contributed by atoms with Crippen LogP contribution in [0, 0.1) is 5.92 Å². The summed E-state index contributed by atoms with van der Waals surface area (Å²) in [6.07, 6.45) is -0.318. The van der Waals surface area contributed by atoms with E-state index in [4.69, 9.17) is 0 Å². The molecule has 1 saturated carbocycles. The maximum Gasteiger partial charge on any atom is 0.417 e. The van der Waals surface area contributed by atoms with Crippen LogP contribution in [-0.4, -0.2) is 10.4 Å². The van der Waals surface area contributed by atoms with Gasteiger partial charge < -0.3 is 4.57 Å². The largest absolute Gasteiger partial charge is 0.417 e. The van der Waals surface area contributed by atoms with Crippen LogP contribution < -0.4 is 5.56 Å². The van der Waals surface area contributed by atoms with Gasteiger partial charge in [-0.25, -0.2) is 0 Å². The first-order valence-corrected chi connectivity index (χ1v) is 6.18. The minimum atomic E-state index is -4.51. The molecule has 0 saturated heterocycles. The first kappa shape index (κ1) is 13.8. The minimum absolute atomic E-state index is 0.110. The number of ketones is 1. The summed E-state index contributed by atoms with van der Waals surface area (Å²) in [4.78, 5) is 23.4. The van der Waals surface area contributed by atoms with Gasteiger partial charge in [0.25, 0.3) is 5.56 Å². The highest BCUT2D eigenvalue weighted by Crippen LogP contribution is 2.28. The fraction of sp³-hybridized carbons (Fsp3) is 0.538. The molecule has 0 amide bonds. The quantitative estimate of drug-likeness (QED) is 0.849. The van der Waals surface area contributed by atoms with Gasteiger partial charge in [-0.15, -0.1) is 0 Å². The van der Waals surface area contributed by atoms with Gasteiger partial charge in [0.2, 0.25) is 0 Å². The Morgan fingerprint density at radius 2 is 1.89 bits per heavy atom. The molecule has 0 unspecified atom stereocenters. The Morgan fingerprint density at radius 1 is 1.26 bits per heavy atom. The highest BCUT2D eigenvalue weighted by Gasteiger charge is 2.31. The number of hydrogen-bond donors (Lipinski definition) is 0. The van der Waals surface area contributed by atoms with E-state index >= 15 is 0 Å². The zero-order valence-electron chi connectivity index (χ0n) is 10.2. The number of carbonyl (C=O) groups is 1. The molecule has 1 heterocycles. The lowest BCUT2D eigenvalue weighted by Gasteiger charge is -2.12. The minimum Gasteiger partial charge on any atom is -0.307 e. The lowest BCUT2D eigenvalue weighted by atomic mass is 10.0. The van der Waals surface area contributed by atoms with Crippen molar-refractivity contribution < 1.29 is 18.0 Å². The van der Waals surface area contributed by atoms with E-state index in [1.165, 1.54) is 0 Å². The normalized spacial score (nSPS) is 16.8. The first-order valence-electron chi connectivity index (χ1n) is 6.18. The molecule has 0 radical (unpaired) electrons. The standard InChI is InChI=1S/C13H14F3NO2/c14-13(15,16)10-5-6-12(19)17(7-10)8-11(18)9-3-1-2-4-9/h5-7,9H,1-4,8H2. The van der Waals surface area contributed by atoms with E-state index in [2.05, 4.69) is 0 Å². The lowest BCUT2D eigenvalue weighted by Crippen LogP contribution is -2.27.